The van der Waals surface area contributed by atoms with Crippen molar-refractivity contribution >= 4 is 11.8 Å². The van der Waals surface area contributed by atoms with E-state index in [2.05, 4.69) is 46.8 Å². The average molecular weight is 216 g/mol. The van der Waals surface area contributed by atoms with Crippen molar-refractivity contribution in [3.63, 3.8) is 0 Å². The number of aliphatic hydroxyl groups excluding tert-OH is 1. The topological polar surface area (TPSA) is 20.2 Å². The van der Waals surface area contributed by atoms with Gasteiger partial charge in [-0.3, -0.25) is 0 Å². The maximum Gasteiger partial charge on any atom is 0.0496 e. The molecule has 84 valence electrons. The minimum atomic E-state index is 0.192. The first kappa shape index (κ1) is 14.1. The second-order valence-corrected chi connectivity index (χ2v) is 6.40. The largest absolute Gasteiger partial charge is 0.396 e. The summed E-state index contributed by atoms with van der Waals surface area (Å²) in [5.41, 5.74) is 0. The molecule has 1 atom stereocenters. The van der Waals surface area contributed by atoms with E-state index in [0.717, 1.165) is 5.75 Å². The fourth-order valence-corrected chi connectivity index (χ4v) is 2.19. The third kappa shape index (κ3) is 5.71. The van der Waals surface area contributed by atoms with E-state index in [0.29, 0.717) is 11.8 Å². The van der Waals surface area contributed by atoms with Crippen LogP contribution in [0.25, 0.3) is 0 Å². The molecular formula is C12H24OS. The van der Waals surface area contributed by atoms with Crippen molar-refractivity contribution in [3.05, 3.63) is 12.2 Å². The first-order valence-corrected chi connectivity index (χ1v) is 6.35. The summed E-state index contributed by atoms with van der Waals surface area (Å²) in [5, 5.41) is 9.17. The lowest BCUT2D eigenvalue weighted by Gasteiger charge is -2.21. The molecule has 14 heavy (non-hydrogen) atoms. The van der Waals surface area contributed by atoms with E-state index in [1.165, 1.54) is 0 Å². The smallest absolute Gasteiger partial charge is 0.0496 e. The van der Waals surface area contributed by atoms with Crippen LogP contribution in [-0.4, -0.2) is 22.2 Å². The standard InChI is InChI=1S/C12H24OS/c1-6-14-12(4,5)8-7-11(9-13)10(2)3/h7-8,10-11,13H,6,9H2,1-5H3/b8-7+. The first-order chi connectivity index (χ1) is 6.43. The van der Waals surface area contributed by atoms with Crippen LogP contribution in [0, 0.1) is 11.8 Å². The summed E-state index contributed by atoms with van der Waals surface area (Å²) in [6, 6.07) is 0. The maximum atomic E-state index is 9.17. The zero-order valence-electron chi connectivity index (χ0n) is 10.1. The molecule has 0 aromatic rings. The maximum absolute atomic E-state index is 9.17. The molecule has 0 bridgehead atoms. The zero-order chi connectivity index (χ0) is 11.2. The molecule has 0 aromatic carbocycles. The highest BCUT2D eigenvalue weighted by atomic mass is 32.2. The first-order valence-electron chi connectivity index (χ1n) is 5.37. The van der Waals surface area contributed by atoms with E-state index in [1.807, 2.05) is 11.8 Å². The molecular weight excluding hydrogens is 192 g/mol. The minimum Gasteiger partial charge on any atom is -0.396 e. The van der Waals surface area contributed by atoms with Gasteiger partial charge in [0.25, 0.3) is 0 Å². The van der Waals surface area contributed by atoms with Gasteiger partial charge in [-0.2, -0.15) is 11.8 Å². The van der Waals surface area contributed by atoms with Crippen LogP contribution in [0.3, 0.4) is 0 Å². The Labute approximate surface area is 93.0 Å². The fourth-order valence-electron chi connectivity index (χ4n) is 1.27. The van der Waals surface area contributed by atoms with Crippen LogP contribution in [0.2, 0.25) is 0 Å². The van der Waals surface area contributed by atoms with Crippen LogP contribution in [0.15, 0.2) is 12.2 Å². The van der Waals surface area contributed by atoms with Gasteiger partial charge < -0.3 is 5.11 Å². The third-order valence-electron chi connectivity index (χ3n) is 2.33. The SMILES string of the molecule is CCSC(C)(C)/C=C/C(CO)C(C)C. The highest BCUT2D eigenvalue weighted by molar-refractivity contribution is 8.00. The summed E-state index contributed by atoms with van der Waals surface area (Å²) in [6.45, 7) is 11.1. The molecule has 1 N–H and O–H groups in total. The Morgan fingerprint density at radius 3 is 2.29 bits per heavy atom. The lowest BCUT2D eigenvalue weighted by molar-refractivity contribution is 0.221. The average Bonchev–Trinajstić information content (AvgIpc) is 2.04. The predicted molar refractivity (Wildman–Crippen MR) is 66.8 cm³/mol. The van der Waals surface area contributed by atoms with Gasteiger partial charge in [0.05, 0.1) is 0 Å². The van der Waals surface area contributed by atoms with Gasteiger partial charge in [-0.25, -0.2) is 0 Å². The third-order valence-corrected chi connectivity index (χ3v) is 3.50. The molecule has 0 amide bonds. The van der Waals surface area contributed by atoms with E-state index >= 15 is 0 Å². The summed E-state index contributed by atoms with van der Waals surface area (Å²) < 4.78 is 0.192. The quantitative estimate of drug-likeness (QED) is 0.687. The van der Waals surface area contributed by atoms with Crippen LogP contribution in [0.5, 0.6) is 0 Å². The van der Waals surface area contributed by atoms with Gasteiger partial charge in [-0.15, -0.1) is 0 Å². The van der Waals surface area contributed by atoms with Gasteiger partial charge >= 0.3 is 0 Å². The molecule has 0 aliphatic rings. The van der Waals surface area contributed by atoms with E-state index in [4.69, 9.17) is 5.11 Å². The molecule has 0 spiro atoms. The summed E-state index contributed by atoms with van der Waals surface area (Å²) >= 11 is 1.93. The molecule has 0 aliphatic heterocycles. The Morgan fingerprint density at radius 1 is 1.36 bits per heavy atom. The molecule has 0 aliphatic carbocycles. The van der Waals surface area contributed by atoms with Crippen molar-refractivity contribution < 1.29 is 5.11 Å². The molecule has 0 heterocycles. The van der Waals surface area contributed by atoms with Crippen molar-refractivity contribution in [2.24, 2.45) is 11.8 Å². The monoisotopic (exact) mass is 216 g/mol. The highest BCUT2D eigenvalue weighted by Crippen LogP contribution is 2.26. The Bertz CT molecular complexity index is 173. The normalized spacial score (nSPS) is 15.4. The minimum absolute atomic E-state index is 0.192. The van der Waals surface area contributed by atoms with Crippen LogP contribution < -0.4 is 0 Å². The molecule has 0 radical (unpaired) electrons. The van der Waals surface area contributed by atoms with Gasteiger partial charge in [0.2, 0.25) is 0 Å². The Morgan fingerprint density at radius 2 is 1.93 bits per heavy atom. The van der Waals surface area contributed by atoms with Crippen LogP contribution in [-0.2, 0) is 0 Å². The fraction of sp³-hybridized carbons (Fsp3) is 0.833. The predicted octanol–water partition coefficient (Wildman–Crippen LogP) is 3.34. The molecule has 0 fully saturated rings. The van der Waals surface area contributed by atoms with Crippen LogP contribution >= 0.6 is 11.8 Å². The lowest BCUT2D eigenvalue weighted by atomic mass is 9.95. The summed E-state index contributed by atoms with van der Waals surface area (Å²) in [5.74, 6) is 1.94. The second kappa shape index (κ2) is 6.52. The summed E-state index contributed by atoms with van der Waals surface area (Å²) in [6.07, 6.45) is 4.38. The number of aliphatic hydroxyl groups is 1. The van der Waals surface area contributed by atoms with Gasteiger partial charge in [0.15, 0.2) is 0 Å². The van der Waals surface area contributed by atoms with Crippen molar-refractivity contribution in [1.82, 2.24) is 0 Å². The van der Waals surface area contributed by atoms with Gasteiger partial charge in [-0.05, 0) is 25.5 Å². The van der Waals surface area contributed by atoms with Gasteiger partial charge in [-0.1, -0.05) is 32.9 Å². The summed E-state index contributed by atoms with van der Waals surface area (Å²) in [4.78, 5) is 0. The van der Waals surface area contributed by atoms with Crippen LogP contribution in [0.1, 0.15) is 34.6 Å². The summed E-state index contributed by atoms with van der Waals surface area (Å²) in [7, 11) is 0. The molecule has 0 saturated carbocycles. The van der Waals surface area contributed by atoms with Crippen molar-refractivity contribution in [3.8, 4) is 0 Å². The number of rotatable bonds is 6. The van der Waals surface area contributed by atoms with Crippen molar-refractivity contribution in [1.29, 1.82) is 0 Å². The second-order valence-electron chi connectivity index (χ2n) is 4.49. The van der Waals surface area contributed by atoms with E-state index in [-0.39, 0.29) is 11.4 Å². The Hall–Kier alpha value is 0.0500. The molecule has 2 heteroatoms. The molecule has 1 nitrogen and oxygen atoms in total. The van der Waals surface area contributed by atoms with Crippen LogP contribution in [0.4, 0.5) is 0 Å². The number of hydrogen-bond acceptors (Lipinski definition) is 2. The van der Waals surface area contributed by atoms with Gasteiger partial charge in [0, 0.05) is 17.3 Å². The van der Waals surface area contributed by atoms with Crippen molar-refractivity contribution in [2.45, 2.75) is 39.4 Å². The lowest BCUT2D eigenvalue weighted by Crippen LogP contribution is -2.15. The molecule has 0 rings (SSSR count). The van der Waals surface area contributed by atoms with E-state index < -0.39 is 0 Å². The Kier molecular flexibility index (Phi) is 6.54. The molecule has 0 aromatic heterocycles. The van der Waals surface area contributed by atoms with E-state index in [9.17, 15) is 0 Å². The molecule has 1 unspecified atom stereocenters. The Balaban J connectivity index is 4.24. The number of hydrogen-bond donors (Lipinski definition) is 1. The van der Waals surface area contributed by atoms with E-state index in [1.54, 1.807) is 0 Å². The van der Waals surface area contributed by atoms with Crippen molar-refractivity contribution in [2.75, 3.05) is 12.4 Å². The van der Waals surface area contributed by atoms with Gasteiger partial charge in [0.1, 0.15) is 0 Å². The highest BCUT2D eigenvalue weighted by Gasteiger charge is 2.15. The zero-order valence-corrected chi connectivity index (χ0v) is 10.9. The molecule has 0 saturated heterocycles. The number of thioether (sulfide) groups is 1.